The highest BCUT2D eigenvalue weighted by Crippen LogP contribution is 2.38. The Hall–Kier alpha value is -1.28. The van der Waals surface area contributed by atoms with Crippen LogP contribution in [0.4, 0.5) is 0 Å². The van der Waals surface area contributed by atoms with E-state index in [9.17, 15) is 4.79 Å². The number of halogens is 1. The topological polar surface area (TPSA) is 37.3 Å². The summed E-state index contributed by atoms with van der Waals surface area (Å²) in [5.74, 6) is -1.57. The number of hydrogen-bond donors (Lipinski definition) is 1. The molecule has 0 aliphatic heterocycles. The van der Waals surface area contributed by atoms with E-state index in [1.54, 1.807) is 12.1 Å². The fraction of sp³-hybridized carbons (Fsp3) is 0.100. The summed E-state index contributed by atoms with van der Waals surface area (Å²) in [6, 6.07) is 7.34. The quantitative estimate of drug-likeness (QED) is 0.746. The van der Waals surface area contributed by atoms with Crippen LogP contribution in [-0.4, -0.2) is 11.1 Å². The lowest BCUT2D eigenvalue weighted by molar-refractivity contribution is -0.137. The maximum Gasteiger partial charge on any atom is 0.316 e. The van der Waals surface area contributed by atoms with Crippen molar-refractivity contribution in [2.75, 3.05) is 0 Å². The lowest BCUT2D eigenvalue weighted by Crippen LogP contribution is -2.09. The highest BCUT2D eigenvalue weighted by molar-refractivity contribution is 6.34. The first-order valence-corrected chi connectivity index (χ1v) is 4.27. The number of carboxylic acids is 1. The average molecular weight is 195 g/mol. The summed E-state index contributed by atoms with van der Waals surface area (Å²) in [6.07, 6.45) is 1.70. The predicted molar refractivity (Wildman–Crippen MR) is 50.6 cm³/mol. The van der Waals surface area contributed by atoms with Crippen LogP contribution in [0.5, 0.6) is 0 Å². The van der Waals surface area contributed by atoms with Crippen molar-refractivity contribution < 1.29 is 9.90 Å². The van der Waals surface area contributed by atoms with Crippen LogP contribution in [0.2, 0.25) is 0 Å². The fourth-order valence-electron chi connectivity index (χ4n) is 1.54. The van der Waals surface area contributed by atoms with Gasteiger partial charge in [0.25, 0.3) is 0 Å². The molecular formula is C10H7ClO2. The van der Waals surface area contributed by atoms with Crippen LogP contribution >= 0.6 is 11.6 Å². The lowest BCUT2D eigenvalue weighted by atomic mass is 10.0. The number of carbonyl (C=O) groups is 1. The summed E-state index contributed by atoms with van der Waals surface area (Å²) in [4.78, 5) is 10.8. The van der Waals surface area contributed by atoms with Gasteiger partial charge in [-0.05, 0) is 17.2 Å². The Morgan fingerprint density at radius 2 is 2.08 bits per heavy atom. The molecule has 3 heteroatoms. The first-order valence-electron chi connectivity index (χ1n) is 3.89. The molecule has 1 atom stereocenters. The van der Waals surface area contributed by atoms with Crippen molar-refractivity contribution >= 4 is 23.6 Å². The molecule has 0 radical (unpaired) electrons. The molecule has 13 heavy (non-hydrogen) atoms. The van der Waals surface area contributed by atoms with Crippen molar-refractivity contribution in [3.63, 3.8) is 0 Å². The maximum absolute atomic E-state index is 10.8. The van der Waals surface area contributed by atoms with E-state index in [2.05, 4.69) is 0 Å². The van der Waals surface area contributed by atoms with E-state index in [-0.39, 0.29) is 0 Å². The zero-order chi connectivity index (χ0) is 9.42. The Labute approximate surface area is 80.5 Å². The van der Waals surface area contributed by atoms with Crippen LogP contribution in [0.1, 0.15) is 17.0 Å². The van der Waals surface area contributed by atoms with Gasteiger partial charge in [0.2, 0.25) is 0 Å². The van der Waals surface area contributed by atoms with Crippen molar-refractivity contribution in [3.8, 4) is 0 Å². The van der Waals surface area contributed by atoms with Crippen LogP contribution in [0.15, 0.2) is 29.3 Å². The summed E-state index contributed by atoms with van der Waals surface area (Å²) in [6.45, 7) is 0. The molecule has 2 rings (SSSR count). The third-order valence-electron chi connectivity index (χ3n) is 2.12. The van der Waals surface area contributed by atoms with Gasteiger partial charge in [0.1, 0.15) is 5.92 Å². The van der Waals surface area contributed by atoms with Gasteiger partial charge in [0, 0.05) is 5.03 Å². The molecule has 2 nitrogen and oxygen atoms in total. The van der Waals surface area contributed by atoms with Gasteiger partial charge < -0.3 is 5.11 Å². The van der Waals surface area contributed by atoms with Gasteiger partial charge in [-0.15, -0.1) is 0 Å². The Morgan fingerprint density at radius 1 is 1.38 bits per heavy atom. The molecule has 1 N–H and O–H groups in total. The van der Waals surface area contributed by atoms with Gasteiger partial charge in [-0.2, -0.15) is 0 Å². The molecular weight excluding hydrogens is 188 g/mol. The van der Waals surface area contributed by atoms with Gasteiger partial charge in [-0.25, -0.2) is 0 Å². The number of hydrogen-bond acceptors (Lipinski definition) is 1. The van der Waals surface area contributed by atoms with Gasteiger partial charge in [0.15, 0.2) is 0 Å². The number of rotatable bonds is 1. The highest BCUT2D eigenvalue weighted by Gasteiger charge is 2.29. The van der Waals surface area contributed by atoms with E-state index in [0.717, 1.165) is 11.1 Å². The van der Waals surface area contributed by atoms with Crippen LogP contribution in [0, 0.1) is 0 Å². The van der Waals surface area contributed by atoms with E-state index in [1.807, 2.05) is 18.2 Å². The van der Waals surface area contributed by atoms with Gasteiger partial charge >= 0.3 is 5.97 Å². The van der Waals surface area contributed by atoms with Crippen molar-refractivity contribution in [2.45, 2.75) is 5.92 Å². The zero-order valence-corrected chi connectivity index (χ0v) is 7.45. The average Bonchev–Trinajstić information content (AvgIpc) is 2.39. The van der Waals surface area contributed by atoms with Crippen LogP contribution in [0.25, 0.3) is 6.08 Å². The summed E-state index contributed by atoms with van der Waals surface area (Å²) >= 11 is 5.82. The number of benzene rings is 1. The molecule has 1 unspecified atom stereocenters. The molecule has 0 amide bonds. The zero-order valence-electron chi connectivity index (χ0n) is 6.70. The van der Waals surface area contributed by atoms with Crippen LogP contribution in [0.3, 0.4) is 0 Å². The molecule has 1 aliphatic carbocycles. The first kappa shape index (κ1) is 8.32. The van der Waals surface area contributed by atoms with Crippen LogP contribution in [-0.2, 0) is 4.79 Å². The van der Waals surface area contributed by atoms with Crippen molar-refractivity contribution in [3.05, 3.63) is 40.4 Å². The molecule has 1 aliphatic rings. The molecule has 0 fully saturated rings. The van der Waals surface area contributed by atoms with Crippen molar-refractivity contribution in [1.29, 1.82) is 0 Å². The third kappa shape index (κ3) is 1.23. The Bertz CT molecular complexity index is 396. The molecule has 0 saturated heterocycles. The van der Waals surface area contributed by atoms with Gasteiger partial charge in [-0.3, -0.25) is 4.79 Å². The van der Waals surface area contributed by atoms with E-state index in [1.165, 1.54) is 0 Å². The fourth-order valence-corrected chi connectivity index (χ4v) is 1.87. The molecule has 0 aromatic heterocycles. The minimum Gasteiger partial charge on any atom is -0.481 e. The molecule has 66 valence electrons. The van der Waals surface area contributed by atoms with Crippen molar-refractivity contribution in [1.82, 2.24) is 0 Å². The minimum absolute atomic E-state index is 0.383. The first-order chi connectivity index (χ1) is 6.20. The Kier molecular flexibility index (Phi) is 1.85. The summed E-state index contributed by atoms with van der Waals surface area (Å²) in [5, 5.41) is 9.29. The Morgan fingerprint density at radius 3 is 2.77 bits per heavy atom. The largest absolute Gasteiger partial charge is 0.481 e. The maximum atomic E-state index is 10.8. The standard InChI is InChI=1S/C10H7ClO2/c11-8-5-6-3-1-2-4-7(6)9(8)10(12)13/h1-5,9H,(H,12,13). The summed E-state index contributed by atoms with van der Waals surface area (Å²) in [7, 11) is 0. The smallest absolute Gasteiger partial charge is 0.316 e. The molecule has 1 aromatic rings. The Balaban J connectivity index is 2.55. The monoisotopic (exact) mass is 194 g/mol. The summed E-state index contributed by atoms with van der Waals surface area (Å²) < 4.78 is 0. The predicted octanol–water partition coefficient (Wildman–Crippen LogP) is 2.45. The van der Waals surface area contributed by atoms with E-state index < -0.39 is 11.9 Å². The molecule has 0 saturated carbocycles. The minimum atomic E-state index is -0.897. The molecule has 0 heterocycles. The molecule has 0 bridgehead atoms. The van der Waals surface area contributed by atoms with E-state index in [0.29, 0.717) is 5.03 Å². The van der Waals surface area contributed by atoms with Crippen LogP contribution < -0.4 is 0 Å². The SMILES string of the molecule is O=C(O)C1C(Cl)=Cc2ccccc21. The lowest BCUT2D eigenvalue weighted by Gasteiger charge is -2.06. The molecule has 0 spiro atoms. The highest BCUT2D eigenvalue weighted by atomic mass is 35.5. The van der Waals surface area contributed by atoms with Gasteiger partial charge in [0.05, 0.1) is 0 Å². The van der Waals surface area contributed by atoms with E-state index in [4.69, 9.17) is 16.7 Å². The number of fused-ring (bicyclic) bond motifs is 1. The van der Waals surface area contributed by atoms with Gasteiger partial charge in [-0.1, -0.05) is 35.9 Å². The number of aliphatic carboxylic acids is 1. The number of carboxylic acid groups (broad SMARTS) is 1. The normalized spacial score (nSPS) is 19.5. The molecule has 1 aromatic carbocycles. The van der Waals surface area contributed by atoms with Crippen molar-refractivity contribution in [2.24, 2.45) is 0 Å². The second-order valence-electron chi connectivity index (χ2n) is 2.93. The second-order valence-corrected chi connectivity index (χ2v) is 3.37. The summed E-state index contributed by atoms with van der Waals surface area (Å²) in [5.41, 5.74) is 1.68. The van der Waals surface area contributed by atoms with E-state index >= 15 is 0 Å². The second kappa shape index (κ2) is 2.89. The third-order valence-corrected chi connectivity index (χ3v) is 2.45.